The molecule has 112 valence electrons. The molecule has 1 amide bonds. The number of H-pyrrole nitrogens is 1. The number of nitrogens with two attached hydrogens (primary N) is 1. The molecule has 5 nitrogen and oxygen atoms in total. The van der Waals surface area contributed by atoms with Crippen LogP contribution in [0.3, 0.4) is 0 Å². The van der Waals surface area contributed by atoms with Crippen LogP contribution >= 0.6 is 0 Å². The Hall–Kier alpha value is -1.85. The first-order valence-corrected chi connectivity index (χ1v) is 7.39. The molecule has 0 aliphatic carbocycles. The predicted molar refractivity (Wildman–Crippen MR) is 81.8 cm³/mol. The highest BCUT2D eigenvalue weighted by atomic mass is 16.3. The maximum atomic E-state index is 12.4. The monoisotopic (exact) mass is 287 g/mol. The summed E-state index contributed by atoms with van der Waals surface area (Å²) in [5, 5.41) is 10.3. The summed E-state index contributed by atoms with van der Waals surface area (Å²) < 4.78 is 0. The van der Waals surface area contributed by atoms with E-state index < -0.39 is 6.04 Å². The highest BCUT2D eigenvalue weighted by Gasteiger charge is 2.29. The third kappa shape index (κ3) is 2.80. The number of nitrogens with one attached hydrogen (secondary N) is 1. The molecule has 0 saturated carbocycles. The van der Waals surface area contributed by atoms with Crippen LogP contribution in [0.4, 0.5) is 0 Å². The van der Waals surface area contributed by atoms with Gasteiger partial charge in [0, 0.05) is 42.7 Å². The molecule has 2 atom stereocenters. The lowest BCUT2D eigenvalue weighted by atomic mass is 10.0. The van der Waals surface area contributed by atoms with Crippen molar-refractivity contribution < 1.29 is 9.90 Å². The number of benzene rings is 1. The number of hydrogen-bond acceptors (Lipinski definition) is 3. The van der Waals surface area contributed by atoms with Crippen molar-refractivity contribution in [3.05, 3.63) is 36.0 Å². The summed E-state index contributed by atoms with van der Waals surface area (Å²) in [6.45, 7) is 1.46. The van der Waals surface area contributed by atoms with Crippen molar-refractivity contribution in [3.63, 3.8) is 0 Å². The molecule has 2 heterocycles. The number of aliphatic hydroxyl groups excluding tert-OH is 1. The molecule has 5 heteroatoms. The fraction of sp³-hybridized carbons (Fsp3) is 0.438. The zero-order valence-electron chi connectivity index (χ0n) is 12.0. The van der Waals surface area contributed by atoms with Gasteiger partial charge in [-0.05, 0) is 24.5 Å². The highest BCUT2D eigenvalue weighted by molar-refractivity contribution is 5.86. The lowest BCUT2D eigenvalue weighted by Crippen LogP contribution is -2.44. The molecule has 0 spiro atoms. The van der Waals surface area contributed by atoms with Crippen LogP contribution in [-0.4, -0.2) is 46.6 Å². The van der Waals surface area contributed by atoms with E-state index in [4.69, 9.17) is 10.8 Å². The third-order valence-corrected chi connectivity index (χ3v) is 4.29. The van der Waals surface area contributed by atoms with E-state index in [0.29, 0.717) is 19.5 Å². The van der Waals surface area contributed by atoms with E-state index in [-0.39, 0.29) is 18.4 Å². The van der Waals surface area contributed by atoms with Gasteiger partial charge >= 0.3 is 0 Å². The van der Waals surface area contributed by atoms with Gasteiger partial charge in [0.05, 0.1) is 6.04 Å². The number of aliphatic hydroxyl groups is 1. The van der Waals surface area contributed by atoms with Crippen LogP contribution in [0.5, 0.6) is 0 Å². The zero-order chi connectivity index (χ0) is 14.8. The molecule has 0 radical (unpaired) electrons. The second-order valence-corrected chi connectivity index (χ2v) is 5.79. The number of amides is 1. The van der Waals surface area contributed by atoms with Gasteiger partial charge in [0.2, 0.25) is 5.91 Å². The van der Waals surface area contributed by atoms with Gasteiger partial charge in [0.15, 0.2) is 0 Å². The van der Waals surface area contributed by atoms with Gasteiger partial charge in [0.25, 0.3) is 0 Å². The van der Waals surface area contributed by atoms with Crippen molar-refractivity contribution in [2.75, 3.05) is 19.7 Å². The highest BCUT2D eigenvalue weighted by Crippen LogP contribution is 2.20. The first kappa shape index (κ1) is 14.1. The molecule has 1 aliphatic rings. The van der Waals surface area contributed by atoms with E-state index in [2.05, 4.69) is 4.98 Å². The van der Waals surface area contributed by atoms with Crippen LogP contribution in [0, 0.1) is 5.92 Å². The topological polar surface area (TPSA) is 82.4 Å². The second kappa shape index (κ2) is 5.87. The van der Waals surface area contributed by atoms with Crippen LogP contribution in [0.2, 0.25) is 0 Å². The number of hydrogen-bond donors (Lipinski definition) is 3. The molecule has 1 aromatic heterocycles. The number of carbonyl (C=O) groups is 1. The van der Waals surface area contributed by atoms with Gasteiger partial charge in [-0.25, -0.2) is 0 Å². The van der Waals surface area contributed by atoms with E-state index in [1.807, 2.05) is 30.5 Å². The Morgan fingerprint density at radius 1 is 1.48 bits per heavy atom. The summed E-state index contributed by atoms with van der Waals surface area (Å²) in [5.41, 5.74) is 8.24. The fourth-order valence-electron chi connectivity index (χ4n) is 3.04. The minimum absolute atomic E-state index is 0.0174. The molecular formula is C16H21N3O2. The van der Waals surface area contributed by atoms with E-state index in [9.17, 15) is 4.79 Å². The number of aromatic nitrogens is 1. The molecule has 1 aromatic carbocycles. The second-order valence-electron chi connectivity index (χ2n) is 5.79. The van der Waals surface area contributed by atoms with Crippen molar-refractivity contribution in [1.82, 2.24) is 9.88 Å². The summed E-state index contributed by atoms with van der Waals surface area (Å²) in [6.07, 6.45) is 3.32. The largest absolute Gasteiger partial charge is 0.396 e. The minimum Gasteiger partial charge on any atom is -0.396 e. The number of likely N-dealkylation sites (tertiary alicyclic amines) is 1. The van der Waals surface area contributed by atoms with Crippen molar-refractivity contribution >= 4 is 16.8 Å². The molecular weight excluding hydrogens is 266 g/mol. The van der Waals surface area contributed by atoms with Crippen LogP contribution < -0.4 is 5.73 Å². The molecule has 1 fully saturated rings. The van der Waals surface area contributed by atoms with Gasteiger partial charge in [0.1, 0.15) is 0 Å². The molecule has 0 bridgehead atoms. The Morgan fingerprint density at radius 2 is 2.29 bits per heavy atom. The predicted octanol–water partition coefficient (Wildman–Crippen LogP) is 0.879. The number of para-hydroxylation sites is 1. The average molecular weight is 287 g/mol. The Morgan fingerprint density at radius 3 is 3.05 bits per heavy atom. The first-order valence-electron chi connectivity index (χ1n) is 7.39. The maximum Gasteiger partial charge on any atom is 0.239 e. The number of fused-ring (bicyclic) bond motifs is 1. The number of aromatic amines is 1. The van der Waals surface area contributed by atoms with E-state index in [1.54, 1.807) is 4.90 Å². The Balaban J connectivity index is 1.68. The molecule has 1 aliphatic heterocycles. The Kier molecular flexibility index (Phi) is 3.94. The fourth-order valence-corrected chi connectivity index (χ4v) is 3.04. The Bertz CT molecular complexity index is 637. The third-order valence-electron chi connectivity index (χ3n) is 4.29. The number of nitrogens with zero attached hydrogens (tertiary/aromatic N) is 1. The van der Waals surface area contributed by atoms with Gasteiger partial charge in [-0.2, -0.15) is 0 Å². The SMILES string of the molecule is NC(Cc1c[nH]c2ccccc12)C(=O)N1CCC(CO)C1. The molecule has 2 aromatic rings. The van der Waals surface area contributed by atoms with Gasteiger partial charge in [-0.15, -0.1) is 0 Å². The van der Waals surface area contributed by atoms with E-state index in [1.165, 1.54) is 0 Å². The lowest BCUT2D eigenvalue weighted by Gasteiger charge is -2.20. The quantitative estimate of drug-likeness (QED) is 0.780. The summed E-state index contributed by atoms with van der Waals surface area (Å²) in [6, 6.07) is 7.49. The van der Waals surface area contributed by atoms with Crippen molar-refractivity contribution in [2.24, 2.45) is 11.7 Å². The molecule has 1 saturated heterocycles. The first-order chi connectivity index (χ1) is 10.2. The smallest absolute Gasteiger partial charge is 0.239 e. The Labute approximate surface area is 123 Å². The molecule has 4 N–H and O–H groups in total. The molecule has 21 heavy (non-hydrogen) atoms. The average Bonchev–Trinajstić information content (AvgIpc) is 3.14. The zero-order valence-corrected chi connectivity index (χ0v) is 12.0. The standard InChI is InChI=1S/C16H21N3O2/c17-14(16(21)19-6-5-11(9-19)10-20)7-12-8-18-15-4-2-1-3-13(12)15/h1-4,8,11,14,18,20H,5-7,9-10,17H2. The van der Waals surface area contributed by atoms with Crippen LogP contribution in [0.15, 0.2) is 30.5 Å². The lowest BCUT2D eigenvalue weighted by molar-refractivity contribution is -0.131. The number of rotatable bonds is 4. The van der Waals surface area contributed by atoms with Crippen molar-refractivity contribution in [1.29, 1.82) is 0 Å². The summed E-state index contributed by atoms with van der Waals surface area (Å²) in [4.78, 5) is 17.4. The summed E-state index contributed by atoms with van der Waals surface area (Å²) in [7, 11) is 0. The van der Waals surface area contributed by atoms with Gasteiger partial charge in [-0.1, -0.05) is 18.2 Å². The van der Waals surface area contributed by atoms with Crippen molar-refractivity contribution in [2.45, 2.75) is 18.9 Å². The van der Waals surface area contributed by atoms with Gasteiger partial charge in [-0.3, -0.25) is 4.79 Å². The minimum atomic E-state index is -0.526. The summed E-state index contributed by atoms with van der Waals surface area (Å²) in [5.74, 6) is 0.186. The number of carbonyl (C=O) groups excluding carboxylic acids is 1. The van der Waals surface area contributed by atoms with E-state index in [0.717, 1.165) is 22.9 Å². The maximum absolute atomic E-state index is 12.4. The van der Waals surface area contributed by atoms with Crippen LogP contribution in [0.1, 0.15) is 12.0 Å². The van der Waals surface area contributed by atoms with Crippen LogP contribution in [0.25, 0.3) is 10.9 Å². The normalized spacial score (nSPS) is 20.1. The summed E-state index contributed by atoms with van der Waals surface area (Å²) >= 11 is 0. The van der Waals surface area contributed by atoms with E-state index >= 15 is 0 Å². The molecule has 2 unspecified atom stereocenters. The van der Waals surface area contributed by atoms with Crippen molar-refractivity contribution in [3.8, 4) is 0 Å². The van der Waals surface area contributed by atoms with Gasteiger partial charge < -0.3 is 20.7 Å². The molecule has 3 rings (SSSR count). The van der Waals surface area contributed by atoms with Crippen LogP contribution in [-0.2, 0) is 11.2 Å².